The zero-order valence-corrected chi connectivity index (χ0v) is 26.6. The highest BCUT2D eigenvalue weighted by Crippen LogP contribution is 2.29. The van der Waals surface area contributed by atoms with Gasteiger partial charge in [-0.2, -0.15) is 5.26 Å². The number of carboxylic acid groups (broad SMARTS) is 1. The molecule has 1 unspecified atom stereocenters. The minimum Gasteiger partial charge on any atom is -0.478 e. The van der Waals surface area contributed by atoms with E-state index < -0.39 is 17.6 Å². The van der Waals surface area contributed by atoms with Crippen LogP contribution in [-0.4, -0.2) is 53.3 Å². The van der Waals surface area contributed by atoms with Crippen LogP contribution in [0.4, 0.5) is 8.78 Å². The maximum Gasteiger partial charge on any atom is 0.335 e. The number of aromatic nitrogens is 1. The molecule has 9 heteroatoms. The first-order valence-corrected chi connectivity index (χ1v) is 15.3. The van der Waals surface area contributed by atoms with E-state index in [4.69, 9.17) is 19.8 Å². The number of hydrogen-bond acceptors (Lipinski definition) is 6. The predicted molar refractivity (Wildman–Crippen MR) is 170 cm³/mol. The second-order valence-corrected chi connectivity index (χ2v) is 11.5. The van der Waals surface area contributed by atoms with Gasteiger partial charge in [0, 0.05) is 30.3 Å². The highest BCUT2D eigenvalue weighted by Gasteiger charge is 2.23. The minimum absolute atomic E-state index is 0.120. The molecule has 2 aliphatic rings. The summed E-state index contributed by atoms with van der Waals surface area (Å²) in [4.78, 5) is 17.2. The summed E-state index contributed by atoms with van der Waals surface area (Å²) in [6.07, 6.45) is 4.98. The molecule has 5 rings (SSSR count). The number of piperidine rings is 1. The molecule has 3 heterocycles. The van der Waals surface area contributed by atoms with Crippen molar-refractivity contribution in [3.05, 3.63) is 106 Å². The van der Waals surface area contributed by atoms with E-state index in [0.717, 1.165) is 67.5 Å². The number of hydrogen-bond donors (Lipinski definition) is 1. The molecule has 2 aliphatic heterocycles. The first-order chi connectivity index (χ1) is 21.5. The van der Waals surface area contributed by atoms with Gasteiger partial charge in [0.1, 0.15) is 12.4 Å². The smallest absolute Gasteiger partial charge is 0.335 e. The van der Waals surface area contributed by atoms with E-state index in [2.05, 4.69) is 23.4 Å². The predicted octanol–water partition coefficient (Wildman–Crippen LogP) is 7.75. The van der Waals surface area contributed by atoms with Crippen LogP contribution >= 0.6 is 0 Å². The van der Waals surface area contributed by atoms with Crippen molar-refractivity contribution in [2.75, 3.05) is 26.2 Å². The van der Waals surface area contributed by atoms with Crippen LogP contribution in [0.2, 0.25) is 0 Å². The van der Waals surface area contributed by atoms with Crippen molar-refractivity contribution < 1.29 is 28.2 Å². The van der Waals surface area contributed by atoms with E-state index in [1.54, 1.807) is 18.2 Å². The monoisotopic (exact) mass is 619 g/mol. The molecule has 1 N–H and O–H groups in total. The number of carbonyl (C=O) groups is 1. The topological polar surface area (TPSA) is 95.7 Å². The Morgan fingerprint density at radius 3 is 2.31 bits per heavy atom. The zero-order valence-electron chi connectivity index (χ0n) is 26.6. The van der Waals surface area contributed by atoms with Crippen molar-refractivity contribution in [3.8, 4) is 11.9 Å². The van der Waals surface area contributed by atoms with E-state index in [0.29, 0.717) is 11.7 Å². The average Bonchev–Trinajstić information content (AvgIpc) is 2.99. The van der Waals surface area contributed by atoms with Crippen LogP contribution in [0.3, 0.4) is 0 Å². The molecule has 2 saturated heterocycles. The van der Waals surface area contributed by atoms with Crippen LogP contribution in [0, 0.1) is 36.8 Å². The van der Waals surface area contributed by atoms with E-state index in [1.807, 2.05) is 32.9 Å². The summed E-state index contributed by atoms with van der Waals surface area (Å²) in [7, 11) is 0. The third-order valence-electron chi connectivity index (χ3n) is 7.88. The fourth-order valence-corrected chi connectivity index (χ4v) is 4.90. The van der Waals surface area contributed by atoms with Crippen molar-refractivity contribution in [1.29, 1.82) is 5.26 Å². The minimum atomic E-state index is -0.867. The van der Waals surface area contributed by atoms with Gasteiger partial charge in [0.15, 0.2) is 5.82 Å². The number of nitrogens with zero attached hydrogens (tertiary/aromatic N) is 3. The van der Waals surface area contributed by atoms with Crippen molar-refractivity contribution in [3.63, 3.8) is 0 Å². The molecule has 2 fully saturated rings. The molecule has 1 aromatic heterocycles. The summed E-state index contributed by atoms with van der Waals surface area (Å²) in [5, 5.41) is 17.4. The molecule has 240 valence electrons. The van der Waals surface area contributed by atoms with Crippen LogP contribution in [0.1, 0.15) is 83.8 Å². The standard InChI is InChI=1S/C22H23F2N3O.C9H10O2.C5H10O/c1-15(2)13-27-9-7-17(8-10-27)21-6-5-19(23)22(26-21)28-14-18-4-3-16(12-25)11-20(18)24;1-6-3-4-8(9(10)11)5-7(6)2;1-2-5-3-4-6-5/h3-6,11,17H,1,7-10,13-14H2,2H3;3-5H,1-2H3,(H,10,11);5H,2-4H2,1H3. The second-order valence-electron chi connectivity index (χ2n) is 11.5. The molecule has 2 aromatic carbocycles. The van der Waals surface area contributed by atoms with Gasteiger partial charge < -0.3 is 14.6 Å². The molecule has 45 heavy (non-hydrogen) atoms. The Bertz CT molecular complexity index is 1490. The average molecular weight is 620 g/mol. The van der Waals surface area contributed by atoms with Gasteiger partial charge in [-0.3, -0.25) is 4.90 Å². The van der Waals surface area contributed by atoms with Gasteiger partial charge in [-0.25, -0.2) is 18.6 Å². The van der Waals surface area contributed by atoms with Crippen molar-refractivity contribution >= 4 is 5.97 Å². The van der Waals surface area contributed by atoms with Gasteiger partial charge in [-0.05, 0) is 107 Å². The zero-order chi connectivity index (χ0) is 32.9. The van der Waals surface area contributed by atoms with Crippen molar-refractivity contribution in [1.82, 2.24) is 9.88 Å². The van der Waals surface area contributed by atoms with Gasteiger partial charge in [0.2, 0.25) is 0 Å². The molecule has 0 aliphatic carbocycles. The Labute approximate surface area is 265 Å². The maximum atomic E-state index is 14.1. The lowest BCUT2D eigenvalue weighted by Gasteiger charge is -2.31. The largest absolute Gasteiger partial charge is 0.478 e. The van der Waals surface area contributed by atoms with Gasteiger partial charge in [-0.1, -0.05) is 31.2 Å². The van der Waals surface area contributed by atoms with E-state index in [9.17, 15) is 13.6 Å². The lowest BCUT2D eigenvalue weighted by Crippen LogP contribution is -2.34. The van der Waals surface area contributed by atoms with Crippen LogP contribution in [0.25, 0.3) is 0 Å². The molecule has 0 spiro atoms. The number of rotatable bonds is 8. The van der Waals surface area contributed by atoms with Crippen molar-refractivity contribution in [2.24, 2.45) is 0 Å². The summed E-state index contributed by atoms with van der Waals surface area (Å²) in [5.74, 6) is -1.87. The molecule has 0 bridgehead atoms. The van der Waals surface area contributed by atoms with Gasteiger partial charge in [-0.15, -0.1) is 0 Å². The molecule has 0 amide bonds. The number of benzene rings is 2. The first kappa shape index (κ1) is 35.4. The van der Waals surface area contributed by atoms with Crippen LogP contribution in [-0.2, 0) is 11.3 Å². The number of aryl methyl sites for hydroxylation is 2. The van der Waals surface area contributed by atoms with Gasteiger partial charge >= 0.3 is 5.97 Å². The van der Waals surface area contributed by atoms with Crippen LogP contribution in [0.5, 0.6) is 5.88 Å². The Hall–Kier alpha value is -4.13. The van der Waals surface area contributed by atoms with Gasteiger partial charge in [0.25, 0.3) is 5.88 Å². The lowest BCUT2D eigenvalue weighted by molar-refractivity contribution is -0.0516. The van der Waals surface area contributed by atoms with Crippen LogP contribution < -0.4 is 4.74 Å². The van der Waals surface area contributed by atoms with Crippen LogP contribution in [0.15, 0.2) is 60.7 Å². The molecule has 7 nitrogen and oxygen atoms in total. The van der Waals surface area contributed by atoms with Gasteiger partial charge in [0.05, 0.1) is 23.3 Å². The molecule has 0 radical (unpaired) electrons. The fraction of sp³-hybridized carbons (Fsp3) is 0.417. The number of nitriles is 1. The number of likely N-dealkylation sites (tertiary alicyclic amines) is 1. The number of halogens is 2. The Kier molecular flexibility index (Phi) is 13.7. The third kappa shape index (κ3) is 11.1. The Morgan fingerprint density at radius 1 is 1.09 bits per heavy atom. The quantitative estimate of drug-likeness (QED) is 0.258. The SMILES string of the molecule is C=C(C)CN1CCC(c2ccc(F)c(OCc3ccc(C#N)cc3F)n2)CC1.CCC1CCO1.Cc1ccc(C(=O)O)cc1C. The number of carboxylic acids is 1. The Balaban J connectivity index is 0.000000263. The highest BCUT2D eigenvalue weighted by atomic mass is 19.1. The highest BCUT2D eigenvalue weighted by molar-refractivity contribution is 5.87. The number of aromatic carboxylic acids is 1. The normalized spacial score (nSPS) is 16.2. The summed E-state index contributed by atoms with van der Waals surface area (Å²) < 4.78 is 38.6. The second kappa shape index (κ2) is 17.4. The van der Waals surface area contributed by atoms with E-state index in [-0.39, 0.29) is 29.5 Å². The first-order valence-electron chi connectivity index (χ1n) is 15.3. The molecular formula is C36H43F2N3O4. The molecule has 1 atom stereocenters. The van der Waals surface area contributed by atoms with E-state index >= 15 is 0 Å². The van der Waals surface area contributed by atoms with Crippen molar-refractivity contribution in [2.45, 2.75) is 72.0 Å². The third-order valence-corrected chi connectivity index (χ3v) is 7.88. The molecular weight excluding hydrogens is 576 g/mol. The summed E-state index contributed by atoms with van der Waals surface area (Å²) >= 11 is 0. The van der Waals surface area contributed by atoms with E-state index in [1.165, 1.54) is 31.0 Å². The summed E-state index contributed by atoms with van der Waals surface area (Å²) in [6, 6.07) is 14.1. The lowest BCUT2D eigenvalue weighted by atomic mass is 9.93. The maximum absolute atomic E-state index is 14.1. The summed E-state index contributed by atoms with van der Waals surface area (Å²) in [6.45, 7) is 15.6. The number of ether oxygens (including phenoxy) is 2. The summed E-state index contributed by atoms with van der Waals surface area (Å²) in [5.41, 5.74) is 4.91. The molecule has 3 aromatic rings. The number of pyridine rings is 1. The fourth-order valence-electron chi connectivity index (χ4n) is 4.90. The molecule has 0 saturated carbocycles. The Morgan fingerprint density at radius 2 is 1.80 bits per heavy atom.